The molecular formula is C13H16O4. The summed E-state index contributed by atoms with van der Waals surface area (Å²) in [4.78, 5) is 22.5. The molecule has 1 rings (SSSR count). The molecule has 0 saturated heterocycles. The lowest BCUT2D eigenvalue weighted by atomic mass is 9.96. The third-order valence-electron chi connectivity index (χ3n) is 2.41. The predicted molar refractivity (Wildman–Crippen MR) is 62.2 cm³/mol. The van der Waals surface area contributed by atoms with E-state index in [0.717, 1.165) is 5.56 Å². The maximum absolute atomic E-state index is 11.6. The van der Waals surface area contributed by atoms with Crippen molar-refractivity contribution in [1.29, 1.82) is 0 Å². The van der Waals surface area contributed by atoms with Crippen LogP contribution < -0.4 is 0 Å². The van der Waals surface area contributed by atoms with E-state index in [0.29, 0.717) is 0 Å². The number of benzene rings is 1. The molecule has 0 fully saturated rings. The fraction of sp³-hybridized carbons (Fsp3) is 0.385. The van der Waals surface area contributed by atoms with Crippen LogP contribution in [0.5, 0.6) is 0 Å². The average Bonchev–Trinajstić information content (AvgIpc) is 2.27. The van der Waals surface area contributed by atoms with Gasteiger partial charge in [0.1, 0.15) is 6.61 Å². The van der Waals surface area contributed by atoms with Gasteiger partial charge in [-0.05, 0) is 11.5 Å². The lowest BCUT2D eigenvalue weighted by Crippen LogP contribution is -2.30. The van der Waals surface area contributed by atoms with E-state index in [1.165, 1.54) is 0 Å². The van der Waals surface area contributed by atoms with E-state index < -0.39 is 17.9 Å². The van der Waals surface area contributed by atoms with Gasteiger partial charge in [0.15, 0.2) is 5.92 Å². The van der Waals surface area contributed by atoms with Crippen molar-refractivity contribution in [2.24, 2.45) is 11.8 Å². The van der Waals surface area contributed by atoms with Crippen molar-refractivity contribution in [2.45, 2.75) is 20.5 Å². The Hall–Kier alpha value is -1.84. The Labute approximate surface area is 100 Å². The molecule has 0 aliphatic carbocycles. The number of carbonyl (C=O) groups excluding carboxylic acids is 1. The molecule has 0 aliphatic rings. The second-order valence-electron chi connectivity index (χ2n) is 4.15. The van der Waals surface area contributed by atoms with E-state index in [4.69, 9.17) is 9.84 Å². The highest BCUT2D eigenvalue weighted by molar-refractivity contribution is 5.94. The summed E-state index contributed by atoms with van der Waals surface area (Å²) < 4.78 is 4.99. The summed E-state index contributed by atoms with van der Waals surface area (Å²) >= 11 is 0. The highest BCUT2D eigenvalue weighted by atomic mass is 16.5. The Balaban J connectivity index is 2.57. The van der Waals surface area contributed by atoms with E-state index in [-0.39, 0.29) is 12.5 Å². The van der Waals surface area contributed by atoms with Gasteiger partial charge >= 0.3 is 11.9 Å². The second kappa shape index (κ2) is 6.03. The van der Waals surface area contributed by atoms with E-state index in [1.807, 2.05) is 30.3 Å². The first-order valence-corrected chi connectivity index (χ1v) is 5.45. The van der Waals surface area contributed by atoms with E-state index in [9.17, 15) is 9.59 Å². The molecule has 1 aromatic carbocycles. The molecule has 0 spiro atoms. The number of carboxylic acid groups (broad SMARTS) is 1. The van der Waals surface area contributed by atoms with Gasteiger partial charge in [-0.2, -0.15) is 0 Å². The molecule has 0 saturated carbocycles. The van der Waals surface area contributed by atoms with Crippen molar-refractivity contribution in [3.05, 3.63) is 35.9 Å². The van der Waals surface area contributed by atoms with Gasteiger partial charge in [-0.1, -0.05) is 44.2 Å². The van der Waals surface area contributed by atoms with Gasteiger partial charge < -0.3 is 9.84 Å². The number of hydrogen-bond donors (Lipinski definition) is 1. The molecule has 0 aliphatic heterocycles. The van der Waals surface area contributed by atoms with Crippen molar-refractivity contribution >= 4 is 11.9 Å². The molecule has 0 unspecified atom stereocenters. The zero-order valence-corrected chi connectivity index (χ0v) is 9.92. The highest BCUT2D eigenvalue weighted by Gasteiger charge is 2.30. The summed E-state index contributed by atoms with van der Waals surface area (Å²) in [6.07, 6.45) is 0. The van der Waals surface area contributed by atoms with Crippen LogP contribution in [0.1, 0.15) is 19.4 Å². The lowest BCUT2D eigenvalue weighted by molar-refractivity contribution is -0.161. The van der Waals surface area contributed by atoms with Gasteiger partial charge in [-0.15, -0.1) is 0 Å². The molecule has 1 N–H and O–H groups in total. The summed E-state index contributed by atoms with van der Waals surface area (Å²) in [6.45, 7) is 3.47. The number of carbonyl (C=O) groups is 2. The quantitative estimate of drug-likeness (QED) is 0.628. The Kier molecular flexibility index (Phi) is 4.69. The van der Waals surface area contributed by atoms with Gasteiger partial charge in [0.25, 0.3) is 0 Å². The van der Waals surface area contributed by atoms with Crippen LogP contribution in [-0.4, -0.2) is 17.0 Å². The summed E-state index contributed by atoms with van der Waals surface area (Å²) in [5.74, 6) is -3.20. The number of esters is 1. The zero-order chi connectivity index (χ0) is 12.8. The van der Waals surface area contributed by atoms with Crippen LogP contribution in [0.2, 0.25) is 0 Å². The molecule has 4 nitrogen and oxygen atoms in total. The Morgan fingerprint density at radius 3 is 2.29 bits per heavy atom. The van der Waals surface area contributed by atoms with E-state index in [2.05, 4.69) is 0 Å². The van der Waals surface area contributed by atoms with Crippen LogP contribution in [0.15, 0.2) is 30.3 Å². The van der Waals surface area contributed by atoms with Gasteiger partial charge in [-0.3, -0.25) is 9.59 Å². The minimum Gasteiger partial charge on any atom is -0.481 e. The van der Waals surface area contributed by atoms with E-state index in [1.54, 1.807) is 13.8 Å². The van der Waals surface area contributed by atoms with Crippen LogP contribution in [0.3, 0.4) is 0 Å². The van der Waals surface area contributed by atoms with Crippen molar-refractivity contribution < 1.29 is 19.4 Å². The largest absolute Gasteiger partial charge is 0.481 e. The highest BCUT2D eigenvalue weighted by Crippen LogP contribution is 2.14. The van der Waals surface area contributed by atoms with Crippen molar-refractivity contribution in [3.63, 3.8) is 0 Å². The van der Waals surface area contributed by atoms with E-state index >= 15 is 0 Å². The second-order valence-corrected chi connectivity index (χ2v) is 4.15. The maximum atomic E-state index is 11.6. The predicted octanol–water partition coefficient (Wildman–Crippen LogP) is 2.09. The minimum atomic E-state index is -1.14. The Bertz CT molecular complexity index is 384. The normalized spacial score (nSPS) is 12.2. The fourth-order valence-corrected chi connectivity index (χ4v) is 1.48. The topological polar surface area (TPSA) is 63.6 Å². The maximum Gasteiger partial charge on any atom is 0.320 e. The van der Waals surface area contributed by atoms with Crippen molar-refractivity contribution in [3.8, 4) is 0 Å². The van der Waals surface area contributed by atoms with Crippen LogP contribution >= 0.6 is 0 Å². The average molecular weight is 236 g/mol. The van der Waals surface area contributed by atoms with Crippen molar-refractivity contribution in [2.75, 3.05) is 0 Å². The molecule has 0 aromatic heterocycles. The summed E-state index contributed by atoms with van der Waals surface area (Å²) in [5.41, 5.74) is 0.841. The monoisotopic (exact) mass is 236 g/mol. The fourth-order valence-electron chi connectivity index (χ4n) is 1.48. The standard InChI is InChI=1S/C13H16O4/c1-9(2)11(12(14)15)13(16)17-8-10-6-4-3-5-7-10/h3-7,9,11H,8H2,1-2H3,(H,14,15)/t11-/m0/s1. The first-order chi connectivity index (χ1) is 8.02. The molecule has 0 amide bonds. The molecule has 92 valence electrons. The van der Waals surface area contributed by atoms with Crippen molar-refractivity contribution in [1.82, 2.24) is 0 Å². The van der Waals surface area contributed by atoms with Gasteiger partial charge in [-0.25, -0.2) is 0 Å². The summed E-state index contributed by atoms with van der Waals surface area (Å²) in [7, 11) is 0. The number of aliphatic carboxylic acids is 1. The SMILES string of the molecule is CC(C)[C@@H](C(=O)O)C(=O)OCc1ccccc1. The first-order valence-electron chi connectivity index (χ1n) is 5.45. The number of ether oxygens (including phenoxy) is 1. The van der Waals surface area contributed by atoms with Crippen LogP contribution in [0.25, 0.3) is 0 Å². The Morgan fingerprint density at radius 2 is 1.82 bits per heavy atom. The third kappa shape index (κ3) is 3.90. The Morgan fingerprint density at radius 1 is 1.24 bits per heavy atom. The molecule has 1 aromatic rings. The molecule has 4 heteroatoms. The number of carboxylic acids is 1. The summed E-state index contributed by atoms with van der Waals surface area (Å²) in [6, 6.07) is 9.16. The molecule has 0 heterocycles. The first kappa shape index (κ1) is 13.2. The van der Waals surface area contributed by atoms with Gasteiger partial charge in [0.2, 0.25) is 0 Å². The van der Waals surface area contributed by atoms with Gasteiger partial charge in [0, 0.05) is 0 Å². The molecule has 0 bridgehead atoms. The number of hydrogen-bond acceptors (Lipinski definition) is 3. The molecule has 1 atom stereocenters. The smallest absolute Gasteiger partial charge is 0.320 e. The minimum absolute atomic E-state index is 0.107. The lowest BCUT2D eigenvalue weighted by Gasteiger charge is -2.14. The zero-order valence-electron chi connectivity index (χ0n) is 9.92. The van der Waals surface area contributed by atoms with Crippen LogP contribution in [0, 0.1) is 11.8 Å². The summed E-state index contributed by atoms with van der Waals surface area (Å²) in [5, 5.41) is 8.91. The molecule has 0 radical (unpaired) electrons. The van der Waals surface area contributed by atoms with Gasteiger partial charge in [0.05, 0.1) is 0 Å². The molecular weight excluding hydrogens is 220 g/mol. The van der Waals surface area contributed by atoms with Crippen LogP contribution in [0.4, 0.5) is 0 Å². The third-order valence-corrected chi connectivity index (χ3v) is 2.41. The number of rotatable bonds is 5. The molecule has 17 heavy (non-hydrogen) atoms. The van der Waals surface area contributed by atoms with Crippen LogP contribution in [-0.2, 0) is 20.9 Å².